The SMILES string of the molecule is CONc1ccc(-c2ccc(NOC)cc2)cc1.Cl. The van der Waals surface area contributed by atoms with Crippen LogP contribution in [0.4, 0.5) is 11.4 Å². The number of rotatable bonds is 5. The van der Waals surface area contributed by atoms with Crippen molar-refractivity contribution in [1.29, 1.82) is 0 Å². The van der Waals surface area contributed by atoms with Crippen LogP contribution in [0.1, 0.15) is 0 Å². The maximum Gasteiger partial charge on any atom is 0.0636 e. The van der Waals surface area contributed by atoms with Crippen molar-refractivity contribution < 1.29 is 9.68 Å². The zero-order chi connectivity index (χ0) is 12.8. The van der Waals surface area contributed by atoms with Crippen molar-refractivity contribution in [2.75, 3.05) is 25.2 Å². The summed E-state index contributed by atoms with van der Waals surface area (Å²) < 4.78 is 0. The minimum atomic E-state index is 0. The number of benzene rings is 2. The van der Waals surface area contributed by atoms with E-state index in [0.717, 1.165) is 22.5 Å². The average molecular weight is 281 g/mol. The summed E-state index contributed by atoms with van der Waals surface area (Å²) >= 11 is 0. The Morgan fingerprint density at radius 2 is 0.947 bits per heavy atom. The van der Waals surface area contributed by atoms with Gasteiger partial charge in [0.1, 0.15) is 0 Å². The molecule has 0 aliphatic carbocycles. The van der Waals surface area contributed by atoms with E-state index < -0.39 is 0 Å². The molecular formula is C14H17ClN2O2. The standard InChI is InChI=1S/C14H16N2O2.ClH/c1-17-15-13-7-3-11(4-8-13)12-5-9-14(10-6-12)16-18-2;/h3-10,15-16H,1-2H3;1H. The highest BCUT2D eigenvalue weighted by Crippen LogP contribution is 2.23. The minimum Gasteiger partial charge on any atom is -0.279 e. The molecule has 2 aromatic carbocycles. The molecule has 0 fully saturated rings. The van der Waals surface area contributed by atoms with Crippen LogP contribution >= 0.6 is 12.4 Å². The fraction of sp³-hybridized carbons (Fsp3) is 0.143. The van der Waals surface area contributed by atoms with Gasteiger partial charge in [-0.25, -0.2) is 0 Å². The highest BCUT2D eigenvalue weighted by Gasteiger charge is 1.98. The van der Waals surface area contributed by atoms with Crippen LogP contribution in [-0.2, 0) is 9.68 Å². The summed E-state index contributed by atoms with van der Waals surface area (Å²) in [6, 6.07) is 16.1. The molecule has 5 heteroatoms. The first-order chi connectivity index (χ1) is 8.83. The van der Waals surface area contributed by atoms with Crippen molar-refractivity contribution in [3.63, 3.8) is 0 Å². The van der Waals surface area contributed by atoms with Crippen LogP contribution in [0.5, 0.6) is 0 Å². The van der Waals surface area contributed by atoms with E-state index in [1.165, 1.54) is 0 Å². The van der Waals surface area contributed by atoms with E-state index in [2.05, 4.69) is 11.0 Å². The van der Waals surface area contributed by atoms with Crippen molar-refractivity contribution in [3.05, 3.63) is 48.5 Å². The fourth-order valence-electron chi connectivity index (χ4n) is 1.70. The van der Waals surface area contributed by atoms with Crippen molar-refractivity contribution in [1.82, 2.24) is 0 Å². The van der Waals surface area contributed by atoms with Crippen LogP contribution in [0, 0.1) is 0 Å². The summed E-state index contributed by atoms with van der Waals surface area (Å²) in [5, 5.41) is 0. The number of halogens is 1. The van der Waals surface area contributed by atoms with Crippen molar-refractivity contribution in [2.24, 2.45) is 0 Å². The first-order valence-electron chi connectivity index (χ1n) is 5.62. The molecule has 0 atom stereocenters. The van der Waals surface area contributed by atoms with Gasteiger partial charge in [-0.2, -0.15) is 0 Å². The molecule has 0 saturated carbocycles. The first-order valence-corrected chi connectivity index (χ1v) is 5.62. The number of anilines is 2. The zero-order valence-electron chi connectivity index (χ0n) is 10.8. The molecule has 0 spiro atoms. The third-order valence-electron chi connectivity index (χ3n) is 2.54. The fourth-order valence-corrected chi connectivity index (χ4v) is 1.70. The molecule has 0 bridgehead atoms. The van der Waals surface area contributed by atoms with Crippen molar-refractivity contribution >= 4 is 23.8 Å². The van der Waals surface area contributed by atoms with Crippen LogP contribution in [-0.4, -0.2) is 14.2 Å². The van der Waals surface area contributed by atoms with Gasteiger partial charge in [-0.3, -0.25) is 20.6 Å². The van der Waals surface area contributed by atoms with Crippen LogP contribution in [0.3, 0.4) is 0 Å². The number of nitrogens with one attached hydrogen (secondary N) is 2. The van der Waals surface area contributed by atoms with Crippen LogP contribution in [0.15, 0.2) is 48.5 Å². The topological polar surface area (TPSA) is 42.5 Å². The van der Waals surface area contributed by atoms with E-state index >= 15 is 0 Å². The van der Waals surface area contributed by atoms with Crippen LogP contribution in [0.25, 0.3) is 11.1 Å². The van der Waals surface area contributed by atoms with Gasteiger partial charge in [-0.15, -0.1) is 12.4 Å². The van der Waals surface area contributed by atoms with Gasteiger partial charge >= 0.3 is 0 Å². The summed E-state index contributed by atoms with van der Waals surface area (Å²) in [5.74, 6) is 0. The quantitative estimate of drug-likeness (QED) is 0.819. The Labute approximate surface area is 119 Å². The second kappa shape index (κ2) is 7.63. The molecule has 0 radical (unpaired) electrons. The molecule has 102 valence electrons. The van der Waals surface area contributed by atoms with Gasteiger partial charge in [0, 0.05) is 0 Å². The normalized spacial score (nSPS) is 9.58. The molecule has 2 aromatic rings. The Bertz CT molecular complexity index is 438. The summed E-state index contributed by atoms with van der Waals surface area (Å²) in [5.41, 5.74) is 9.74. The molecule has 0 heterocycles. The van der Waals surface area contributed by atoms with Crippen LogP contribution in [0.2, 0.25) is 0 Å². The minimum absolute atomic E-state index is 0. The average Bonchev–Trinajstić information content (AvgIpc) is 2.41. The van der Waals surface area contributed by atoms with E-state index in [1.807, 2.05) is 48.5 Å². The first kappa shape index (κ1) is 15.3. The van der Waals surface area contributed by atoms with Crippen molar-refractivity contribution in [3.8, 4) is 11.1 Å². The van der Waals surface area contributed by atoms with E-state index in [-0.39, 0.29) is 12.4 Å². The van der Waals surface area contributed by atoms with Gasteiger partial charge in [0.15, 0.2) is 0 Å². The van der Waals surface area contributed by atoms with E-state index in [9.17, 15) is 0 Å². The molecule has 2 rings (SSSR count). The van der Waals surface area contributed by atoms with Crippen LogP contribution < -0.4 is 11.0 Å². The Kier molecular flexibility index (Phi) is 6.15. The molecule has 0 aromatic heterocycles. The number of hydrogen-bond donors (Lipinski definition) is 2. The predicted molar refractivity (Wildman–Crippen MR) is 80.4 cm³/mol. The second-order valence-corrected chi connectivity index (χ2v) is 3.77. The Morgan fingerprint density at radius 3 is 1.21 bits per heavy atom. The van der Waals surface area contributed by atoms with Gasteiger partial charge in [0.2, 0.25) is 0 Å². The Hall–Kier alpha value is -1.75. The van der Waals surface area contributed by atoms with Gasteiger partial charge in [-0.1, -0.05) is 24.3 Å². The lowest BCUT2D eigenvalue weighted by Gasteiger charge is -2.07. The highest BCUT2D eigenvalue weighted by atomic mass is 35.5. The van der Waals surface area contributed by atoms with Crippen molar-refractivity contribution in [2.45, 2.75) is 0 Å². The molecule has 0 aliphatic rings. The number of hydrogen-bond acceptors (Lipinski definition) is 4. The molecule has 2 N–H and O–H groups in total. The largest absolute Gasteiger partial charge is 0.279 e. The summed E-state index contributed by atoms with van der Waals surface area (Å²) in [6.45, 7) is 0. The zero-order valence-corrected chi connectivity index (χ0v) is 11.7. The smallest absolute Gasteiger partial charge is 0.0636 e. The molecule has 0 amide bonds. The maximum atomic E-state index is 4.84. The molecular weight excluding hydrogens is 264 g/mol. The van der Waals surface area contributed by atoms with E-state index in [0.29, 0.717) is 0 Å². The third-order valence-corrected chi connectivity index (χ3v) is 2.54. The van der Waals surface area contributed by atoms with Gasteiger partial charge in [0.25, 0.3) is 0 Å². The monoisotopic (exact) mass is 280 g/mol. The van der Waals surface area contributed by atoms with Gasteiger partial charge in [0.05, 0.1) is 25.6 Å². The highest BCUT2D eigenvalue weighted by molar-refractivity contribution is 5.85. The summed E-state index contributed by atoms with van der Waals surface area (Å²) in [4.78, 5) is 9.69. The Morgan fingerprint density at radius 1 is 0.632 bits per heavy atom. The maximum absolute atomic E-state index is 4.84. The molecule has 0 saturated heterocycles. The van der Waals surface area contributed by atoms with Gasteiger partial charge < -0.3 is 0 Å². The lowest BCUT2D eigenvalue weighted by Crippen LogP contribution is -1.95. The second-order valence-electron chi connectivity index (χ2n) is 3.77. The Balaban J connectivity index is 0.00000180. The molecule has 0 unspecified atom stereocenters. The van der Waals surface area contributed by atoms with E-state index in [4.69, 9.17) is 9.68 Å². The third kappa shape index (κ3) is 4.13. The molecule has 19 heavy (non-hydrogen) atoms. The summed E-state index contributed by atoms with van der Waals surface area (Å²) in [6.07, 6.45) is 0. The molecule has 0 aliphatic heterocycles. The summed E-state index contributed by atoms with van der Waals surface area (Å²) in [7, 11) is 3.19. The predicted octanol–water partition coefficient (Wildman–Crippen LogP) is 3.72. The van der Waals surface area contributed by atoms with Gasteiger partial charge in [-0.05, 0) is 35.4 Å². The van der Waals surface area contributed by atoms with E-state index in [1.54, 1.807) is 14.2 Å². The lowest BCUT2D eigenvalue weighted by molar-refractivity contribution is 0.271. The molecule has 4 nitrogen and oxygen atoms in total. The lowest BCUT2D eigenvalue weighted by atomic mass is 10.1.